The quantitative estimate of drug-likeness (QED) is 0.204. The summed E-state index contributed by atoms with van der Waals surface area (Å²) in [5, 5.41) is 0. The predicted octanol–water partition coefficient (Wildman–Crippen LogP) is 4.61. The third-order valence-corrected chi connectivity index (χ3v) is 4.61. The van der Waals surface area contributed by atoms with Gasteiger partial charge in [0, 0.05) is 11.6 Å². The molecule has 0 N–H and O–H groups in total. The summed E-state index contributed by atoms with van der Waals surface area (Å²) < 4.78 is 5.06. The van der Waals surface area contributed by atoms with Crippen LogP contribution in [0.2, 0.25) is 12.6 Å². The Morgan fingerprint density at radius 2 is 1.94 bits per heavy atom. The van der Waals surface area contributed by atoms with Crippen LogP contribution in [-0.2, 0) is 9.53 Å². The van der Waals surface area contributed by atoms with Gasteiger partial charge in [0.2, 0.25) is 0 Å². The van der Waals surface area contributed by atoms with Crippen LogP contribution in [-0.4, -0.2) is 19.3 Å². The number of ether oxygens (including phenoxy) is 1. The van der Waals surface area contributed by atoms with E-state index in [0.717, 1.165) is 19.3 Å². The molecule has 0 amide bonds. The predicted molar refractivity (Wildman–Crippen MR) is 77.0 cm³/mol. The first-order valence-electron chi connectivity index (χ1n) is 6.09. The molecule has 5 heteroatoms. The van der Waals surface area contributed by atoms with Gasteiger partial charge >= 0.3 is 5.97 Å². The summed E-state index contributed by atoms with van der Waals surface area (Å²) in [6.07, 6.45) is 5.24. The maximum atomic E-state index is 11.5. The first-order valence-corrected chi connectivity index (χ1v) is 10.8. The van der Waals surface area contributed by atoms with Crippen molar-refractivity contribution in [2.75, 3.05) is 6.61 Å². The fraction of sp³-hybridized carbons (Fsp3) is 0.750. The second kappa shape index (κ2) is 9.01. The van der Waals surface area contributed by atoms with Crippen molar-refractivity contribution >= 4 is 34.8 Å². The number of halogens is 2. The zero-order valence-electron chi connectivity index (χ0n) is 10.7. The normalized spacial score (nSPS) is 11.3. The van der Waals surface area contributed by atoms with Gasteiger partial charge in [-0.2, -0.15) is 0 Å². The highest BCUT2D eigenvalue weighted by atomic mass is 35.7. The summed E-state index contributed by atoms with van der Waals surface area (Å²) in [5.74, 6) is -0.312. The molecule has 0 aromatic rings. The summed E-state index contributed by atoms with van der Waals surface area (Å²) in [6, 6.07) is 0.560. The van der Waals surface area contributed by atoms with E-state index in [-0.39, 0.29) is 5.97 Å². The number of esters is 1. The molecule has 0 aromatic carbocycles. The number of rotatable bonds is 9. The van der Waals surface area contributed by atoms with Crippen LogP contribution in [0.25, 0.3) is 0 Å². The van der Waals surface area contributed by atoms with Crippen molar-refractivity contribution in [1.29, 1.82) is 0 Å². The van der Waals surface area contributed by atoms with Crippen LogP contribution >= 0.6 is 22.2 Å². The van der Waals surface area contributed by atoms with Crippen LogP contribution in [0.1, 0.15) is 39.0 Å². The number of carbonyl (C=O) groups excluding carboxylic acids is 1. The number of unbranched alkanes of at least 4 members (excludes halogenated alkanes) is 3. The Bertz CT molecular complexity index is 249. The highest BCUT2D eigenvalue weighted by molar-refractivity contribution is 7.44. The highest BCUT2D eigenvalue weighted by Gasteiger charge is 2.21. The van der Waals surface area contributed by atoms with E-state index in [1.807, 2.05) is 6.55 Å². The van der Waals surface area contributed by atoms with Gasteiger partial charge in [0.05, 0.1) is 6.61 Å². The first-order chi connectivity index (χ1) is 7.87. The van der Waals surface area contributed by atoms with Crippen molar-refractivity contribution < 1.29 is 9.53 Å². The average molecular weight is 297 g/mol. The summed E-state index contributed by atoms with van der Waals surface area (Å²) >= 11 is 11.8. The van der Waals surface area contributed by atoms with Crippen molar-refractivity contribution in [2.45, 2.75) is 51.6 Å². The van der Waals surface area contributed by atoms with Gasteiger partial charge in [-0.05, 0) is 19.4 Å². The van der Waals surface area contributed by atoms with Crippen LogP contribution in [0.4, 0.5) is 0 Å². The molecular weight excluding hydrogens is 275 g/mol. The van der Waals surface area contributed by atoms with E-state index in [9.17, 15) is 4.79 Å². The van der Waals surface area contributed by atoms with Gasteiger partial charge in [-0.15, -0.1) is 22.2 Å². The molecule has 0 bridgehead atoms. The number of hydrogen-bond donors (Lipinski definition) is 0. The highest BCUT2D eigenvalue weighted by Crippen LogP contribution is 2.19. The Kier molecular flexibility index (Phi) is 9.01. The second-order valence-corrected chi connectivity index (χ2v) is 12.6. The molecule has 0 unspecified atom stereocenters. The van der Waals surface area contributed by atoms with E-state index in [1.54, 1.807) is 0 Å². The molecule has 0 saturated heterocycles. The second-order valence-electron chi connectivity index (χ2n) is 4.37. The lowest BCUT2D eigenvalue weighted by molar-refractivity contribution is -0.138. The zero-order chi connectivity index (χ0) is 13.3. The molecular formula is C12H22Cl2O2Si. The van der Waals surface area contributed by atoms with Crippen LogP contribution < -0.4 is 0 Å². The van der Waals surface area contributed by atoms with Gasteiger partial charge in [-0.3, -0.25) is 0 Å². The monoisotopic (exact) mass is 296 g/mol. The van der Waals surface area contributed by atoms with Crippen LogP contribution in [0.3, 0.4) is 0 Å². The third kappa shape index (κ3) is 10.9. The summed E-state index contributed by atoms with van der Waals surface area (Å²) in [4.78, 5) is 11.5. The molecule has 0 fully saturated rings. The molecule has 0 atom stereocenters. The fourth-order valence-electron chi connectivity index (χ4n) is 1.29. The minimum Gasteiger partial charge on any atom is -0.463 e. The lowest BCUT2D eigenvalue weighted by Gasteiger charge is -2.11. The molecule has 0 heterocycles. The molecule has 0 spiro atoms. The minimum absolute atomic E-state index is 0.294. The van der Waals surface area contributed by atoms with Gasteiger partial charge in [0.15, 0.2) is 0 Å². The molecule has 0 radical (unpaired) electrons. The largest absolute Gasteiger partial charge is 0.463 e. The standard InChI is InChI=1S/C12H22Cl2O2Si/c1-4-5-6-7-8-11(2)12(15)16-9-10-17(3,13)14/h2,4-10H2,1,3H3. The van der Waals surface area contributed by atoms with E-state index >= 15 is 0 Å². The molecule has 0 rings (SSSR count). The van der Waals surface area contributed by atoms with Gasteiger partial charge in [-0.25, -0.2) is 4.79 Å². The van der Waals surface area contributed by atoms with Gasteiger partial charge in [0.25, 0.3) is 6.69 Å². The molecule has 0 aliphatic rings. The van der Waals surface area contributed by atoms with Crippen molar-refractivity contribution in [3.63, 3.8) is 0 Å². The molecule has 0 aliphatic carbocycles. The summed E-state index contributed by atoms with van der Waals surface area (Å²) in [6.45, 7) is 5.84. The lowest BCUT2D eigenvalue weighted by atomic mass is 10.1. The fourth-order valence-corrected chi connectivity index (χ4v) is 2.22. The Labute approximate surface area is 115 Å². The molecule has 2 nitrogen and oxygen atoms in total. The molecule has 100 valence electrons. The molecule has 17 heavy (non-hydrogen) atoms. The van der Waals surface area contributed by atoms with Gasteiger partial charge in [0.1, 0.15) is 0 Å². The molecule has 0 aliphatic heterocycles. The van der Waals surface area contributed by atoms with E-state index < -0.39 is 6.69 Å². The van der Waals surface area contributed by atoms with Gasteiger partial charge < -0.3 is 4.74 Å². The Balaban J connectivity index is 3.65. The zero-order valence-corrected chi connectivity index (χ0v) is 13.2. The minimum atomic E-state index is -2.16. The maximum Gasteiger partial charge on any atom is 0.333 e. The Hall–Kier alpha value is 0.00688. The third-order valence-electron chi connectivity index (χ3n) is 2.39. The summed E-state index contributed by atoms with van der Waals surface area (Å²) in [5.41, 5.74) is 0.550. The first kappa shape index (κ1) is 17.0. The van der Waals surface area contributed by atoms with Crippen molar-refractivity contribution in [1.82, 2.24) is 0 Å². The Morgan fingerprint density at radius 3 is 2.47 bits per heavy atom. The van der Waals surface area contributed by atoms with Crippen LogP contribution in [0, 0.1) is 0 Å². The van der Waals surface area contributed by atoms with E-state index in [2.05, 4.69) is 13.5 Å². The van der Waals surface area contributed by atoms with E-state index in [1.165, 1.54) is 12.8 Å². The lowest BCUT2D eigenvalue weighted by Crippen LogP contribution is -2.18. The topological polar surface area (TPSA) is 26.3 Å². The van der Waals surface area contributed by atoms with Crippen LogP contribution in [0.5, 0.6) is 0 Å². The van der Waals surface area contributed by atoms with Crippen molar-refractivity contribution in [2.24, 2.45) is 0 Å². The van der Waals surface area contributed by atoms with Crippen molar-refractivity contribution in [3.8, 4) is 0 Å². The maximum absolute atomic E-state index is 11.5. The smallest absolute Gasteiger partial charge is 0.333 e. The summed E-state index contributed by atoms with van der Waals surface area (Å²) in [7, 11) is 0. The number of carbonyl (C=O) groups is 1. The Morgan fingerprint density at radius 1 is 1.29 bits per heavy atom. The van der Waals surface area contributed by atoms with E-state index in [0.29, 0.717) is 18.2 Å². The van der Waals surface area contributed by atoms with Crippen LogP contribution in [0.15, 0.2) is 12.2 Å². The van der Waals surface area contributed by atoms with Crippen molar-refractivity contribution in [3.05, 3.63) is 12.2 Å². The number of hydrogen-bond acceptors (Lipinski definition) is 2. The SMILES string of the molecule is C=C(CCCCCC)C(=O)OCC[Si](C)(Cl)Cl. The average Bonchev–Trinajstić information content (AvgIpc) is 2.22. The van der Waals surface area contributed by atoms with E-state index in [4.69, 9.17) is 26.9 Å². The molecule has 0 saturated carbocycles. The molecule has 0 aromatic heterocycles. The van der Waals surface area contributed by atoms with Gasteiger partial charge in [-0.1, -0.05) is 32.8 Å².